The Morgan fingerprint density at radius 3 is 2.49 bits per heavy atom. The fourth-order valence-electron chi connectivity index (χ4n) is 5.89. The van der Waals surface area contributed by atoms with Crippen LogP contribution in [0.25, 0.3) is 22.3 Å². The molecule has 41 heavy (non-hydrogen) atoms. The van der Waals surface area contributed by atoms with Crippen LogP contribution < -0.4 is 5.32 Å². The summed E-state index contributed by atoms with van der Waals surface area (Å²) in [4.78, 5) is 22.6. The monoisotopic (exact) mass is 562 g/mol. The van der Waals surface area contributed by atoms with E-state index in [1.807, 2.05) is 38.3 Å². The van der Waals surface area contributed by atoms with Crippen molar-refractivity contribution >= 4 is 22.8 Å². The van der Waals surface area contributed by atoms with Gasteiger partial charge in [0.25, 0.3) is 0 Å². The van der Waals surface area contributed by atoms with Gasteiger partial charge >= 0.3 is 0 Å². The van der Waals surface area contributed by atoms with Crippen molar-refractivity contribution in [3.05, 3.63) is 59.2 Å². The number of nitrogens with zero attached hydrogens (tertiary/aromatic N) is 7. The number of aryl methyl sites for hydroxylation is 1. The van der Waals surface area contributed by atoms with E-state index in [4.69, 9.17) is 4.98 Å². The third kappa shape index (κ3) is 5.94. The van der Waals surface area contributed by atoms with Crippen LogP contribution in [-0.4, -0.2) is 67.5 Å². The van der Waals surface area contributed by atoms with Crippen LogP contribution in [0.4, 0.5) is 20.5 Å². The molecule has 4 heterocycles. The Kier molecular flexibility index (Phi) is 7.82. The minimum absolute atomic E-state index is 0.0110. The highest BCUT2D eigenvalue weighted by Crippen LogP contribution is 2.32. The fourth-order valence-corrected chi connectivity index (χ4v) is 5.89. The van der Waals surface area contributed by atoms with Gasteiger partial charge in [-0.3, -0.25) is 4.90 Å². The van der Waals surface area contributed by atoms with Gasteiger partial charge < -0.3 is 14.8 Å². The zero-order valence-electron chi connectivity index (χ0n) is 25.3. The first-order valence-corrected chi connectivity index (χ1v) is 14.2. The Morgan fingerprint density at radius 2 is 1.80 bits per heavy atom. The quantitative estimate of drug-likeness (QED) is 0.300. The third-order valence-corrected chi connectivity index (χ3v) is 7.68. The first kappa shape index (κ1) is 29.0. The molecule has 5 rings (SSSR count). The minimum atomic E-state index is -0.635. The molecule has 0 fully saturated rings. The van der Waals surface area contributed by atoms with Crippen molar-refractivity contribution in [2.45, 2.75) is 66.1 Å². The van der Waals surface area contributed by atoms with Crippen LogP contribution in [0.5, 0.6) is 0 Å². The van der Waals surface area contributed by atoms with Crippen LogP contribution >= 0.6 is 0 Å². The van der Waals surface area contributed by atoms with Gasteiger partial charge in [-0.2, -0.15) is 0 Å². The molecule has 0 saturated carbocycles. The summed E-state index contributed by atoms with van der Waals surface area (Å²) in [6, 6.07) is 7.48. The molecule has 0 bridgehead atoms. The third-order valence-electron chi connectivity index (χ3n) is 7.68. The molecule has 0 aliphatic carbocycles. The number of anilines is 2. The van der Waals surface area contributed by atoms with E-state index in [1.165, 1.54) is 11.6 Å². The summed E-state index contributed by atoms with van der Waals surface area (Å²) < 4.78 is 32.1. The molecule has 218 valence electrons. The van der Waals surface area contributed by atoms with Gasteiger partial charge in [-0.1, -0.05) is 19.9 Å². The summed E-state index contributed by atoms with van der Waals surface area (Å²) in [6.45, 7) is 15.3. The van der Waals surface area contributed by atoms with Crippen molar-refractivity contribution in [2.75, 3.05) is 32.5 Å². The SMILES string of the molecule is Cc1nc2c(F)cc(-c3nc(Nc4ccc5c(n4)CCN(C(CN(C)C)C(C)C)C5)ncc3F)cc2n1C(C)(C)C. The Hall–Kier alpha value is -3.50. The number of hydrogen-bond donors (Lipinski definition) is 1. The van der Waals surface area contributed by atoms with Gasteiger partial charge in [0.15, 0.2) is 11.6 Å². The highest BCUT2D eigenvalue weighted by Gasteiger charge is 2.27. The number of pyridine rings is 1. The molecule has 8 nitrogen and oxygen atoms in total. The van der Waals surface area contributed by atoms with Gasteiger partial charge in [0.1, 0.15) is 22.9 Å². The summed E-state index contributed by atoms with van der Waals surface area (Å²) in [7, 11) is 4.23. The number of hydrogen-bond acceptors (Lipinski definition) is 7. The molecule has 1 aliphatic heterocycles. The van der Waals surface area contributed by atoms with Crippen molar-refractivity contribution in [1.82, 2.24) is 34.3 Å². The van der Waals surface area contributed by atoms with Crippen molar-refractivity contribution in [1.29, 1.82) is 0 Å². The van der Waals surface area contributed by atoms with Gasteiger partial charge in [0.2, 0.25) is 5.95 Å². The number of benzene rings is 1. The number of halogens is 2. The predicted molar refractivity (Wildman–Crippen MR) is 159 cm³/mol. The van der Waals surface area contributed by atoms with E-state index in [-0.39, 0.29) is 22.7 Å². The molecular weight excluding hydrogens is 522 g/mol. The lowest BCUT2D eigenvalue weighted by molar-refractivity contribution is 0.111. The molecule has 1 unspecified atom stereocenters. The first-order chi connectivity index (χ1) is 19.3. The van der Waals surface area contributed by atoms with Gasteiger partial charge in [-0.05, 0) is 71.5 Å². The number of rotatable bonds is 7. The maximum Gasteiger partial charge on any atom is 0.229 e. The first-order valence-electron chi connectivity index (χ1n) is 14.2. The molecule has 0 saturated heterocycles. The van der Waals surface area contributed by atoms with Crippen molar-refractivity contribution in [2.24, 2.45) is 5.92 Å². The second-order valence-corrected chi connectivity index (χ2v) is 12.6. The summed E-state index contributed by atoms with van der Waals surface area (Å²) in [5.41, 5.74) is 3.09. The van der Waals surface area contributed by atoms with Gasteiger partial charge in [-0.15, -0.1) is 0 Å². The van der Waals surface area contributed by atoms with Crippen LogP contribution in [0.3, 0.4) is 0 Å². The molecule has 4 aromatic rings. The second-order valence-electron chi connectivity index (χ2n) is 12.6. The van der Waals surface area contributed by atoms with Gasteiger partial charge in [0, 0.05) is 48.9 Å². The number of nitrogens with one attached hydrogen (secondary N) is 1. The van der Waals surface area contributed by atoms with E-state index in [9.17, 15) is 0 Å². The lowest BCUT2D eigenvalue weighted by atomic mass is 9.97. The Bertz CT molecular complexity index is 1570. The molecule has 0 radical (unpaired) electrons. The number of aromatic nitrogens is 5. The van der Waals surface area contributed by atoms with Crippen molar-refractivity contribution < 1.29 is 8.78 Å². The Labute approximate surface area is 240 Å². The van der Waals surface area contributed by atoms with Crippen molar-refractivity contribution in [3.8, 4) is 11.3 Å². The summed E-state index contributed by atoms with van der Waals surface area (Å²) in [5, 5.41) is 3.13. The molecule has 1 aromatic carbocycles. The Morgan fingerprint density at radius 1 is 1.05 bits per heavy atom. The normalized spacial score (nSPS) is 15.1. The summed E-state index contributed by atoms with van der Waals surface area (Å²) >= 11 is 0. The molecule has 0 spiro atoms. The van der Waals surface area contributed by atoms with E-state index in [0.717, 1.165) is 37.9 Å². The molecule has 3 aromatic heterocycles. The van der Waals surface area contributed by atoms with Crippen LogP contribution in [0.15, 0.2) is 30.5 Å². The predicted octanol–water partition coefficient (Wildman–Crippen LogP) is 5.92. The van der Waals surface area contributed by atoms with Crippen LogP contribution in [-0.2, 0) is 18.5 Å². The topological polar surface area (TPSA) is 75.0 Å². The molecule has 1 aliphatic rings. The lowest BCUT2D eigenvalue weighted by Crippen LogP contribution is -2.47. The summed E-state index contributed by atoms with van der Waals surface area (Å²) in [6.07, 6.45) is 1.95. The molecule has 0 amide bonds. The second kappa shape index (κ2) is 11.1. The van der Waals surface area contributed by atoms with E-state index < -0.39 is 11.6 Å². The van der Waals surface area contributed by atoms with E-state index in [0.29, 0.717) is 34.7 Å². The maximum atomic E-state index is 15.2. The number of fused-ring (bicyclic) bond motifs is 2. The summed E-state index contributed by atoms with van der Waals surface area (Å²) in [5.74, 6) is 0.859. The molecule has 1 atom stereocenters. The zero-order valence-corrected chi connectivity index (χ0v) is 25.3. The van der Waals surface area contributed by atoms with Crippen LogP contribution in [0.1, 0.15) is 51.7 Å². The molecular formula is C31H40F2N8. The lowest BCUT2D eigenvalue weighted by Gasteiger charge is -2.38. The van der Waals surface area contributed by atoms with Crippen LogP contribution in [0, 0.1) is 24.5 Å². The molecule has 1 N–H and O–H groups in total. The zero-order chi connectivity index (χ0) is 29.6. The van der Waals surface area contributed by atoms with Gasteiger partial charge in [0.05, 0.1) is 11.7 Å². The average Bonchev–Trinajstić information content (AvgIpc) is 3.24. The molecule has 10 heteroatoms. The smallest absolute Gasteiger partial charge is 0.229 e. The largest absolute Gasteiger partial charge is 0.323 e. The van der Waals surface area contributed by atoms with Crippen molar-refractivity contribution in [3.63, 3.8) is 0 Å². The van der Waals surface area contributed by atoms with Crippen LogP contribution in [0.2, 0.25) is 0 Å². The minimum Gasteiger partial charge on any atom is -0.323 e. The number of imidazole rings is 1. The average molecular weight is 563 g/mol. The standard InChI is InChI=1S/C31H40F2N8/c1-18(2)26(17-39(7)8)40-12-11-24-20(16-40)9-10-27(36-24)37-30-34-15-23(33)28(38-30)21-13-22(32)29-25(14-21)41(19(3)35-29)31(4,5)6/h9-10,13-15,18,26H,11-12,16-17H2,1-8H3,(H,34,36,37,38). The highest BCUT2D eigenvalue weighted by atomic mass is 19.1. The van der Waals surface area contributed by atoms with E-state index in [2.05, 4.69) is 64.1 Å². The fraction of sp³-hybridized carbons (Fsp3) is 0.484. The highest BCUT2D eigenvalue weighted by molar-refractivity contribution is 5.83. The van der Waals surface area contributed by atoms with Gasteiger partial charge in [-0.25, -0.2) is 28.7 Å². The maximum absolute atomic E-state index is 15.2. The van der Waals surface area contributed by atoms with E-state index in [1.54, 1.807) is 6.07 Å². The number of likely N-dealkylation sites (N-methyl/N-ethyl adjacent to an activating group) is 1. The Balaban J connectivity index is 1.41. The van der Waals surface area contributed by atoms with E-state index >= 15 is 8.78 Å².